The van der Waals surface area contributed by atoms with Gasteiger partial charge in [0.25, 0.3) is 0 Å². The Morgan fingerprint density at radius 2 is 2.00 bits per heavy atom. The Bertz CT molecular complexity index is 351. The van der Waals surface area contributed by atoms with Gasteiger partial charge in [0, 0.05) is 30.2 Å². The van der Waals surface area contributed by atoms with Crippen LogP contribution < -0.4 is 0 Å². The molecular formula is C10H18ClNO3S. The molecule has 1 rings (SSSR count). The fraction of sp³-hybridized carbons (Fsp3) is 0.900. The summed E-state index contributed by atoms with van der Waals surface area (Å²) in [6.45, 7) is 5.05. The number of carbonyl (C=O) groups is 1. The van der Waals surface area contributed by atoms with Crippen molar-refractivity contribution in [3.05, 3.63) is 0 Å². The molecule has 1 unspecified atom stereocenters. The molecule has 0 aliphatic carbocycles. The Kier molecular flexibility index (Phi) is 4.62. The number of rotatable bonds is 5. The van der Waals surface area contributed by atoms with E-state index in [1.807, 2.05) is 0 Å². The zero-order chi connectivity index (χ0) is 12.3. The summed E-state index contributed by atoms with van der Waals surface area (Å²) in [5, 5.41) is -0.726. The van der Waals surface area contributed by atoms with E-state index < -0.39 is 14.3 Å². The highest BCUT2D eigenvalue weighted by Gasteiger charge is 2.37. The fourth-order valence-electron chi connectivity index (χ4n) is 1.96. The van der Waals surface area contributed by atoms with Crippen molar-refractivity contribution >= 4 is 25.6 Å². The molecule has 0 aromatic carbocycles. The Hall–Kier alpha value is -0.290. The van der Waals surface area contributed by atoms with E-state index in [-0.39, 0.29) is 18.9 Å². The van der Waals surface area contributed by atoms with E-state index in [0.717, 1.165) is 12.8 Å². The van der Waals surface area contributed by atoms with E-state index in [1.165, 1.54) is 0 Å². The van der Waals surface area contributed by atoms with Gasteiger partial charge in [-0.05, 0) is 5.92 Å². The van der Waals surface area contributed by atoms with E-state index in [4.69, 9.17) is 10.7 Å². The van der Waals surface area contributed by atoms with Crippen LogP contribution in [0.5, 0.6) is 0 Å². The quantitative estimate of drug-likeness (QED) is 0.711. The summed E-state index contributed by atoms with van der Waals surface area (Å²) in [6.07, 6.45) is 2.03. The summed E-state index contributed by atoms with van der Waals surface area (Å²) in [7, 11) is 1.66. The highest BCUT2D eigenvalue weighted by atomic mass is 35.7. The summed E-state index contributed by atoms with van der Waals surface area (Å²) in [4.78, 5) is 13.2. The first kappa shape index (κ1) is 13.8. The van der Waals surface area contributed by atoms with Crippen molar-refractivity contribution in [3.63, 3.8) is 0 Å². The third-order valence-corrected chi connectivity index (χ3v) is 5.08. The van der Waals surface area contributed by atoms with Gasteiger partial charge >= 0.3 is 0 Å². The van der Waals surface area contributed by atoms with Gasteiger partial charge in [0.2, 0.25) is 15.0 Å². The molecule has 0 aromatic heterocycles. The maximum absolute atomic E-state index is 11.6. The molecule has 6 heteroatoms. The largest absolute Gasteiger partial charge is 0.341 e. The first-order valence-electron chi connectivity index (χ1n) is 5.59. The Morgan fingerprint density at radius 1 is 1.44 bits per heavy atom. The first-order valence-corrected chi connectivity index (χ1v) is 7.97. The normalized spacial score (nSPS) is 22.1. The molecule has 1 aliphatic heterocycles. The van der Waals surface area contributed by atoms with Gasteiger partial charge in [-0.2, -0.15) is 0 Å². The molecule has 0 bridgehead atoms. The number of amides is 1. The molecule has 1 fully saturated rings. The van der Waals surface area contributed by atoms with Crippen molar-refractivity contribution in [1.29, 1.82) is 0 Å². The van der Waals surface area contributed by atoms with Crippen molar-refractivity contribution in [2.45, 2.75) is 38.4 Å². The van der Waals surface area contributed by atoms with Crippen molar-refractivity contribution in [1.82, 2.24) is 4.90 Å². The Balaban J connectivity index is 2.62. The monoisotopic (exact) mass is 267 g/mol. The molecule has 4 nitrogen and oxygen atoms in total. The van der Waals surface area contributed by atoms with E-state index in [1.54, 1.807) is 4.90 Å². The first-order chi connectivity index (χ1) is 7.38. The molecule has 0 radical (unpaired) electrons. The summed E-state index contributed by atoms with van der Waals surface area (Å²) in [6, 6.07) is 0. The van der Waals surface area contributed by atoms with E-state index >= 15 is 0 Å². The summed E-state index contributed by atoms with van der Waals surface area (Å²) >= 11 is 0. The molecule has 16 heavy (non-hydrogen) atoms. The van der Waals surface area contributed by atoms with Crippen LogP contribution in [0.2, 0.25) is 0 Å². The zero-order valence-electron chi connectivity index (χ0n) is 9.65. The minimum atomic E-state index is -3.61. The van der Waals surface area contributed by atoms with Gasteiger partial charge < -0.3 is 4.90 Å². The molecule has 1 heterocycles. The van der Waals surface area contributed by atoms with Crippen molar-refractivity contribution in [3.8, 4) is 0 Å². The van der Waals surface area contributed by atoms with Crippen LogP contribution in [0.1, 0.15) is 33.1 Å². The summed E-state index contributed by atoms with van der Waals surface area (Å²) in [5.41, 5.74) is 0. The lowest BCUT2D eigenvalue weighted by Crippen LogP contribution is -2.31. The van der Waals surface area contributed by atoms with Crippen LogP contribution in [0, 0.1) is 5.92 Å². The molecule has 1 amide bonds. The number of hydrogen-bond donors (Lipinski definition) is 0. The number of halogens is 1. The van der Waals surface area contributed by atoms with Gasteiger partial charge in [-0.3, -0.25) is 4.79 Å². The molecule has 0 aromatic rings. The van der Waals surface area contributed by atoms with E-state index in [2.05, 4.69) is 13.8 Å². The van der Waals surface area contributed by atoms with Gasteiger partial charge in [0.1, 0.15) is 5.25 Å². The van der Waals surface area contributed by atoms with Crippen LogP contribution in [0.15, 0.2) is 0 Å². The Morgan fingerprint density at radius 3 is 2.38 bits per heavy atom. The van der Waals surface area contributed by atoms with Gasteiger partial charge in [-0.25, -0.2) is 8.42 Å². The standard InChI is InChI=1S/C10H18ClNO3S/c1-3-8(4-2)6-12-7-9(5-10(12)13)16(11,14)15/h8-9H,3-7H2,1-2H3. The van der Waals surface area contributed by atoms with Gasteiger partial charge in [0.15, 0.2) is 0 Å². The van der Waals surface area contributed by atoms with Gasteiger partial charge in [0.05, 0.1) is 0 Å². The van der Waals surface area contributed by atoms with Crippen LogP contribution in [0.25, 0.3) is 0 Å². The molecule has 0 N–H and O–H groups in total. The fourth-order valence-corrected chi connectivity index (χ4v) is 3.02. The minimum Gasteiger partial charge on any atom is -0.341 e. The topological polar surface area (TPSA) is 54.5 Å². The Labute approximate surface area is 101 Å². The molecule has 1 atom stereocenters. The van der Waals surface area contributed by atoms with Crippen LogP contribution >= 0.6 is 10.7 Å². The lowest BCUT2D eigenvalue weighted by Gasteiger charge is -2.21. The SMILES string of the molecule is CCC(CC)CN1CC(S(=O)(=O)Cl)CC1=O. The summed E-state index contributed by atoms with van der Waals surface area (Å²) < 4.78 is 22.3. The van der Waals surface area contributed by atoms with Crippen molar-refractivity contribution in [2.24, 2.45) is 5.92 Å². The van der Waals surface area contributed by atoms with Crippen LogP contribution in [0.4, 0.5) is 0 Å². The molecule has 0 spiro atoms. The van der Waals surface area contributed by atoms with E-state index in [0.29, 0.717) is 12.5 Å². The lowest BCUT2D eigenvalue weighted by molar-refractivity contribution is -0.128. The molecule has 0 saturated carbocycles. The average Bonchev–Trinajstić information content (AvgIpc) is 2.56. The number of carbonyl (C=O) groups excluding carboxylic acids is 1. The molecule has 94 valence electrons. The molecule has 1 aliphatic rings. The molecular weight excluding hydrogens is 250 g/mol. The van der Waals surface area contributed by atoms with Gasteiger partial charge in [-0.15, -0.1) is 0 Å². The van der Waals surface area contributed by atoms with Crippen LogP contribution in [0.3, 0.4) is 0 Å². The predicted molar refractivity (Wildman–Crippen MR) is 63.8 cm³/mol. The smallest absolute Gasteiger partial charge is 0.237 e. The van der Waals surface area contributed by atoms with Crippen LogP contribution in [-0.2, 0) is 13.8 Å². The van der Waals surface area contributed by atoms with Crippen LogP contribution in [-0.4, -0.2) is 37.6 Å². The maximum atomic E-state index is 11.6. The molecule has 1 saturated heterocycles. The third-order valence-electron chi connectivity index (χ3n) is 3.21. The van der Waals surface area contributed by atoms with Gasteiger partial charge in [-0.1, -0.05) is 26.7 Å². The van der Waals surface area contributed by atoms with E-state index in [9.17, 15) is 13.2 Å². The third kappa shape index (κ3) is 3.35. The van der Waals surface area contributed by atoms with Crippen molar-refractivity contribution in [2.75, 3.05) is 13.1 Å². The zero-order valence-corrected chi connectivity index (χ0v) is 11.2. The second kappa shape index (κ2) is 5.36. The number of nitrogens with zero attached hydrogens (tertiary/aromatic N) is 1. The average molecular weight is 268 g/mol. The number of hydrogen-bond acceptors (Lipinski definition) is 3. The second-order valence-electron chi connectivity index (χ2n) is 4.28. The predicted octanol–water partition coefficient (Wildman–Crippen LogP) is 1.59. The highest BCUT2D eigenvalue weighted by Crippen LogP contribution is 2.23. The summed E-state index contributed by atoms with van der Waals surface area (Å²) in [5.74, 6) is 0.349. The maximum Gasteiger partial charge on any atom is 0.237 e. The van der Waals surface area contributed by atoms with Crippen molar-refractivity contribution < 1.29 is 13.2 Å². The second-order valence-corrected chi connectivity index (χ2v) is 7.19. The number of likely N-dealkylation sites (tertiary alicyclic amines) is 1. The minimum absolute atomic E-state index is 0.0337. The highest BCUT2D eigenvalue weighted by molar-refractivity contribution is 8.14. The lowest BCUT2D eigenvalue weighted by atomic mass is 10.0.